The van der Waals surface area contributed by atoms with Crippen LogP contribution in [0.25, 0.3) is 0 Å². The molecule has 2 heterocycles. The van der Waals surface area contributed by atoms with E-state index < -0.39 is 17.6 Å². The monoisotopic (exact) mass is 440 g/mol. The number of alkyl halides is 3. The lowest BCUT2D eigenvalue weighted by atomic mass is 10.1. The highest BCUT2D eigenvalue weighted by Gasteiger charge is 2.33. The molecule has 164 valence electrons. The normalized spacial score (nSPS) is 11.1. The van der Waals surface area contributed by atoms with Crippen LogP contribution in [0.4, 0.5) is 24.7 Å². The average molecular weight is 440 g/mol. The van der Waals surface area contributed by atoms with E-state index in [0.717, 1.165) is 6.07 Å². The van der Waals surface area contributed by atoms with E-state index in [1.54, 1.807) is 19.0 Å². The molecule has 0 spiro atoms. The fourth-order valence-corrected chi connectivity index (χ4v) is 2.77. The summed E-state index contributed by atoms with van der Waals surface area (Å²) >= 11 is 0. The van der Waals surface area contributed by atoms with E-state index in [1.165, 1.54) is 43.0 Å². The lowest BCUT2D eigenvalue weighted by Gasteiger charge is -2.17. The van der Waals surface area contributed by atoms with Crippen LogP contribution < -0.4 is 11.1 Å². The highest BCUT2D eigenvalue weighted by molar-refractivity contribution is 6.04. The first-order chi connectivity index (χ1) is 15.1. The van der Waals surface area contributed by atoms with Gasteiger partial charge in [-0.2, -0.15) is 13.2 Å². The molecule has 0 atom stereocenters. The Morgan fingerprint density at radius 3 is 2.53 bits per heavy atom. The molecule has 3 rings (SSSR count). The summed E-state index contributed by atoms with van der Waals surface area (Å²) in [6.07, 6.45) is 0.977. The molecule has 7 nitrogen and oxygen atoms in total. The van der Waals surface area contributed by atoms with Crippen LogP contribution in [0, 0.1) is 11.8 Å². The number of pyridine rings is 1. The van der Waals surface area contributed by atoms with E-state index in [-0.39, 0.29) is 29.2 Å². The summed E-state index contributed by atoms with van der Waals surface area (Å²) in [4.78, 5) is 26.1. The van der Waals surface area contributed by atoms with Gasteiger partial charge in [0.15, 0.2) is 0 Å². The van der Waals surface area contributed by atoms with Crippen molar-refractivity contribution >= 4 is 17.4 Å². The highest BCUT2D eigenvalue weighted by Crippen LogP contribution is 2.34. The third kappa shape index (κ3) is 6.02. The van der Waals surface area contributed by atoms with E-state index in [2.05, 4.69) is 32.1 Å². The summed E-state index contributed by atoms with van der Waals surface area (Å²) in [6, 6.07) is 5.19. The summed E-state index contributed by atoms with van der Waals surface area (Å²) in [5.74, 6) is 5.23. The smallest absolute Gasteiger partial charge is 0.382 e. The Bertz CT molecular complexity index is 1180. The number of carbonyl (C=O) groups excluding carboxylic acids is 1. The van der Waals surface area contributed by atoms with Crippen molar-refractivity contribution in [2.45, 2.75) is 12.7 Å². The number of hydrogen-bond donors (Lipinski definition) is 2. The zero-order valence-electron chi connectivity index (χ0n) is 17.2. The highest BCUT2D eigenvalue weighted by atomic mass is 19.4. The predicted molar refractivity (Wildman–Crippen MR) is 113 cm³/mol. The van der Waals surface area contributed by atoms with E-state index in [1.807, 2.05) is 0 Å². The number of nitrogens with one attached hydrogen (secondary N) is 1. The van der Waals surface area contributed by atoms with Gasteiger partial charge in [0.1, 0.15) is 11.5 Å². The Morgan fingerprint density at radius 1 is 1.09 bits per heavy atom. The molecular weight excluding hydrogens is 421 g/mol. The molecule has 3 N–H and O–H groups in total. The molecule has 0 radical (unpaired) electrons. The lowest BCUT2D eigenvalue weighted by Crippen LogP contribution is -2.18. The van der Waals surface area contributed by atoms with Crippen molar-refractivity contribution in [3.63, 3.8) is 0 Å². The molecule has 0 bridgehead atoms. The second-order valence-electron chi connectivity index (χ2n) is 7.10. The molecule has 0 saturated carbocycles. The maximum atomic E-state index is 13.5. The molecule has 0 unspecified atom stereocenters. The summed E-state index contributed by atoms with van der Waals surface area (Å²) in [5, 5.41) is 2.48. The molecule has 0 aliphatic carbocycles. The van der Waals surface area contributed by atoms with Crippen LogP contribution in [-0.2, 0) is 12.7 Å². The fourth-order valence-electron chi connectivity index (χ4n) is 2.77. The first-order valence-corrected chi connectivity index (χ1v) is 9.32. The number of nitrogens with zero attached hydrogens (tertiary/aromatic N) is 4. The largest absolute Gasteiger partial charge is 0.416 e. The number of halogens is 3. The fraction of sp³-hybridized carbons (Fsp3) is 0.182. The molecule has 2 aromatic heterocycles. The summed E-state index contributed by atoms with van der Waals surface area (Å²) in [6.45, 7) is 0.117. The molecule has 3 aromatic rings. The van der Waals surface area contributed by atoms with Crippen LogP contribution in [0.2, 0.25) is 0 Å². The number of nitrogens with two attached hydrogens (primary N) is 1. The predicted octanol–water partition coefficient (Wildman–Crippen LogP) is 3.19. The summed E-state index contributed by atoms with van der Waals surface area (Å²) in [5.41, 5.74) is 5.76. The molecule has 0 fully saturated rings. The molecular formula is C22H19F3N6O. The zero-order valence-corrected chi connectivity index (χ0v) is 17.2. The minimum absolute atomic E-state index is 0.0264. The third-order valence-electron chi connectivity index (χ3n) is 4.17. The molecule has 10 heteroatoms. The van der Waals surface area contributed by atoms with Crippen molar-refractivity contribution in [2.24, 2.45) is 0 Å². The lowest BCUT2D eigenvalue weighted by molar-refractivity contribution is -0.138. The van der Waals surface area contributed by atoms with Crippen LogP contribution in [-0.4, -0.2) is 39.9 Å². The van der Waals surface area contributed by atoms with Crippen LogP contribution in [0.5, 0.6) is 0 Å². The molecule has 0 aliphatic heterocycles. The van der Waals surface area contributed by atoms with Crippen LogP contribution in [0.1, 0.15) is 32.7 Å². The van der Waals surface area contributed by atoms with E-state index in [9.17, 15) is 18.0 Å². The quantitative estimate of drug-likeness (QED) is 0.605. The van der Waals surface area contributed by atoms with Crippen molar-refractivity contribution in [1.82, 2.24) is 19.9 Å². The second-order valence-corrected chi connectivity index (χ2v) is 7.10. The molecule has 1 aromatic carbocycles. The van der Waals surface area contributed by atoms with Gasteiger partial charge in [-0.25, -0.2) is 9.97 Å². The third-order valence-corrected chi connectivity index (χ3v) is 4.17. The van der Waals surface area contributed by atoms with Crippen molar-refractivity contribution in [3.8, 4) is 11.8 Å². The molecule has 1 amide bonds. The Labute approximate surface area is 182 Å². The number of rotatable bonds is 4. The topological polar surface area (TPSA) is 97.0 Å². The first-order valence-electron chi connectivity index (χ1n) is 9.32. The minimum atomic E-state index is -4.55. The molecule has 0 aliphatic rings. The Morgan fingerprint density at radius 2 is 1.88 bits per heavy atom. The Hall–Kier alpha value is -3.97. The van der Waals surface area contributed by atoms with E-state index in [4.69, 9.17) is 5.73 Å². The van der Waals surface area contributed by atoms with Gasteiger partial charge >= 0.3 is 6.18 Å². The molecule has 0 saturated heterocycles. The van der Waals surface area contributed by atoms with Crippen LogP contribution >= 0.6 is 0 Å². The van der Waals surface area contributed by atoms with Gasteiger partial charge in [-0.3, -0.25) is 9.78 Å². The van der Waals surface area contributed by atoms with Gasteiger partial charge in [0.2, 0.25) is 0 Å². The van der Waals surface area contributed by atoms with Crippen molar-refractivity contribution in [3.05, 3.63) is 77.0 Å². The molecule has 32 heavy (non-hydrogen) atoms. The van der Waals surface area contributed by atoms with Gasteiger partial charge in [-0.1, -0.05) is 12.0 Å². The SMILES string of the molecule is CN(C)Cc1ccc(NC(=O)c2cncc(C#Cc3cnc(N)cn3)c2)cc1C(F)(F)F. The average Bonchev–Trinajstić information content (AvgIpc) is 2.73. The standard InChI is InChI=1S/C22H19F3N6O/c1-31(2)13-15-4-6-17(8-19(15)22(23,24)25)30-21(32)16-7-14(9-27-10-16)3-5-18-11-29-20(26)12-28-18/h4,6-12H,13H2,1-2H3,(H2,26,29)(H,30,32). The number of nitrogen functional groups attached to an aromatic ring is 1. The number of amides is 1. The van der Waals surface area contributed by atoms with Crippen molar-refractivity contribution in [1.29, 1.82) is 0 Å². The summed E-state index contributed by atoms with van der Waals surface area (Å²) < 4.78 is 40.4. The van der Waals surface area contributed by atoms with Crippen LogP contribution in [0.3, 0.4) is 0 Å². The Kier molecular flexibility index (Phi) is 6.70. The summed E-state index contributed by atoms with van der Waals surface area (Å²) in [7, 11) is 3.36. The maximum Gasteiger partial charge on any atom is 0.416 e. The number of carbonyl (C=O) groups is 1. The Balaban J connectivity index is 1.80. The van der Waals surface area contributed by atoms with E-state index in [0.29, 0.717) is 11.3 Å². The second kappa shape index (κ2) is 9.45. The number of aromatic nitrogens is 3. The van der Waals surface area contributed by atoms with Gasteiger partial charge < -0.3 is 16.0 Å². The minimum Gasteiger partial charge on any atom is -0.382 e. The van der Waals surface area contributed by atoms with Crippen LogP contribution in [0.15, 0.2) is 49.1 Å². The van der Waals surface area contributed by atoms with Gasteiger partial charge in [-0.05, 0) is 43.8 Å². The van der Waals surface area contributed by atoms with Gasteiger partial charge in [-0.15, -0.1) is 0 Å². The van der Waals surface area contributed by atoms with Gasteiger partial charge in [0.25, 0.3) is 5.91 Å². The van der Waals surface area contributed by atoms with Gasteiger partial charge in [0.05, 0.1) is 23.5 Å². The number of hydrogen-bond acceptors (Lipinski definition) is 6. The van der Waals surface area contributed by atoms with Crippen molar-refractivity contribution in [2.75, 3.05) is 25.1 Å². The maximum absolute atomic E-state index is 13.5. The number of benzene rings is 1. The van der Waals surface area contributed by atoms with Crippen molar-refractivity contribution < 1.29 is 18.0 Å². The zero-order chi connectivity index (χ0) is 23.3. The first kappa shape index (κ1) is 22.7. The number of anilines is 2. The van der Waals surface area contributed by atoms with E-state index >= 15 is 0 Å². The van der Waals surface area contributed by atoms with Gasteiger partial charge in [0, 0.05) is 30.2 Å².